The second kappa shape index (κ2) is 8.62. The fourth-order valence-electron chi connectivity index (χ4n) is 3.79. The summed E-state index contributed by atoms with van der Waals surface area (Å²) in [5, 5.41) is 9.81. The van der Waals surface area contributed by atoms with Crippen LogP contribution in [0, 0.1) is 0 Å². The van der Waals surface area contributed by atoms with Gasteiger partial charge in [-0.15, -0.1) is 11.8 Å². The van der Waals surface area contributed by atoms with Crippen molar-refractivity contribution >= 4 is 22.9 Å². The van der Waals surface area contributed by atoms with Gasteiger partial charge in [-0.2, -0.15) is 0 Å². The molecule has 3 heteroatoms. The number of aromatic hydroxyl groups is 1. The first-order valence-corrected chi connectivity index (χ1v) is 10.8. The molecule has 0 bridgehead atoms. The molecule has 1 heterocycles. The molecule has 0 fully saturated rings. The van der Waals surface area contributed by atoms with Crippen molar-refractivity contribution in [1.82, 2.24) is 0 Å². The molecule has 0 atom stereocenters. The van der Waals surface area contributed by atoms with E-state index in [1.165, 1.54) is 32.7 Å². The molecule has 146 valence electrons. The molecule has 0 radical (unpaired) electrons. The Labute approximate surface area is 176 Å². The monoisotopic (exact) mass is 400 g/mol. The lowest BCUT2D eigenvalue weighted by atomic mass is 9.86. The van der Waals surface area contributed by atoms with Gasteiger partial charge in [0, 0.05) is 10.6 Å². The predicted molar refractivity (Wildman–Crippen MR) is 122 cm³/mol. The van der Waals surface area contributed by atoms with Crippen LogP contribution in [-0.4, -0.2) is 11.7 Å². The molecule has 3 aromatic carbocycles. The summed E-state index contributed by atoms with van der Waals surface area (Å²) < 4.78 is 5.79. The van der Waals surface area contributed by atoms with Gasteiger partial charge in [-0.05, 0) is 70.2 Å². The molecule has 1 aliphatic heterocycles. The molecule has 29 heavy (non-hydrogen) atoms. The number of hydrogen-bond donors (Lipinski definition) is 1. The van der Waals surface area contributed by atoms with Crippen LogP contribution in [0.3, 0.4) is 0 Å². The van der Waals surface area contributed by atoms with Crippen molar-refractivity contribution in [2.24, 2.45) is 0 Å². The zero-order valence-electron chi connectivity index (χ0n) is 16.5. The van der Waals surface area contributed by atoms with Gasteiger partial charge in [0.1, 0.15) is 18.1 Å². The van der Waals surface area contributed by atoms with Crippen LogP contribution in [0.15, 0.2) is 84.3 Å². The van der Waals surface area contributed by atoms with Gasteiger partial charge in [0.05, 0.1) is 0 Å². The van der Waals surface area contributed by atoms with E-state index in [0.29, 0.717) is 6.61 Å². The van der Waals surface area contributed by atoms with Crippen molar-refractivity contribution in [2.45, 2.75) is 24.0 Å². The molecule has 0 spiro atoms. The van der Waals surface area contributed by atoms with Crippen LogP contribution in [0.2, 0.25) is 0 Å². The SMILES string of the molecule is C=CCOc1ccc2c(c1)SCc1ccccc1/C(CC)=C\2c1ccc(O)cc1. The van der Waals surface area contributed by atoms with E-state index in [4.69, 9.17) is 4.74 Å². The molecule has 0 aliphatic carbocycles. The van der Waals surface area contributed by atoms with Crippen molar-refractivity contribution < 1.29 is 9.84 Å². The standard InChI is InChI=1S/C26H24O2S/c1-3-15-28-21-13-14-24-25(16-21)29-17-19-7-5-6-8-23(19)22(4-2)26(24)18-9-11-20(27)12-10-18/h3,5-14,16,27H,1,4,15,17H2,2H3/b26-22-. The van der Waals surface area contributed by atoms with E-state index in [9.17, 15) is 5.11 Å². The minimum absolute atomic E-state index is 0.279. The van der Waals surface area contributed by atoms with Crippen LogP contribution in [0.1, 0.15) is 35.6 Å². The zero-order chi connectivity index (χ0) is 20.2. The Hall–Kier alpha value is -2.91. The fourth-order valence-corrected chi connectivity index (χ4v) is 4.88. The maximum absolute atomic E-state index is 9.81. The topological polar surface area (TPSA) is 29.5 Å². The lowest BCUT2D eigenvalue weighted by molar-refractivity contribution is 0.362. The minimum Gasteiger partial charge on any atom is -0.508 e. The summed E-state index contributed by atoms with van der Waals surface area (Å²) in [6.45, 7) is 6.44. The third-order valence-electron chi connectivity index (χ3n) is 5.13. The average molecular weight is 401 g/mol. The number of benzene rings is 3. The Morgan fingerprint density at radius 1 is 1.03 bits per heavy atom. The van der Waals surface area contributed by atoms with E-state index in [1.807, 2.05) is 30.0 Å². The molecule has 3 aromatic rings. The largest absolute Gasteiger partial charge is 0.508 e. The Morgan fingerprint density at radius 3 is 2.59 bits per heavy atom. The Balaban J connectivity index is 1.98. The lowest BCUT2D eigenvalue weighted by Gasteiger charge is -2.24. The summed E-state index contributed by atoms with van der Waals surface area (Å²) in [7, 11) is 0. The third-order valence-corrected chi connectivity index (χ3v) is 6.23. The maximum atomic E-state index is 9.81. The highest BCUT2D eigenvalue weighted by Crippen LogP contribution is 2.44. The molecule has 1 aliphatic rings. The van der Waals surface area contributed by atoms with Crippen molar-refractivity contribution in [1.29, 1.82) is 0 Å². The van der Waals surface area contributed by atoms with Crippen LogP contribution >= 0.6 is 11.8 Å². The van der Waals surface area contributed by atoms with Crippen LogP contribution < -0.4 is 4.74 Å². The molecule has 1 N–H and O–H groups in total. The third kappa shape index (κ3) is 3.96. The summed E-state index contributed by atoms with van der Waals surface area (Å²) in [4.78, 5) is 1.20. The average Bonchev–Trinajstić information content (AvgIpc) is 2.75. The number of allylic oxidation sites excluding steroid dienone is 1. The molecule has 4 rings (SSSR count). The van der Waals surface area contributed by atoms with Crippen molar-refractivity contribution in [2.75, 3.05) is 6.61 Å². The maximum Gasteiger partial charge on any atom is 0.120 e. The number of ether oxygens (including phenoxy) is 1. The molecular formula is C26H24O2S. The lowest BCUT2D eigenvalue weighted by Crippen LogP contribution is -2.03. The zero-order valence-corrected chi connectivity index (χ0v) is 17.3. The molecular weight excluding hydrogens is 376 g/mol. The summed E-state index contributed by atoms with van der Waals surface area (Å²) in [5.41, 5.74) is 7.51. The van der Waals surface area contributed by atoms with Gasteiger partial charge in [0.25, 0.3) is 0 Å². The Morgan fingerprint density at radius 2 is 1.83 bits per heavy atom. The number of thioether (sulfide) groups is 1. The predicted octanol–water partition coefficient (Wildman–Crippen LogP) is 6.93. The summed E-state index contributed by atoms with van der Waals surface area (Å²) in [6, 6.07) is 22.5. The van der Waals surface area contributed by atoms with Gasteiger partial charge in [-0.1, -0.05) is 56.0 Å². The van der Waals surface area contributed by atoms with Gasteiger partial charge < -0.3 is 9.84 Å². The van der Waals surface area contributed by atoms with Crippen LogP contribution in [0.25, 0.3) is 11.1 Å². The van der Waals surface area contributed by atoms with Gasteiger partial charge >= 0.3 is 0 Å². The van der Waals surface area contributed by atoms with E-state index < -0.39 is 0 Å². The van der Waals surface area contributed by atoms with Crippen molar-refractivity contribution in [3.63, 3.8) is 0 Å². The first-order chi connectivity index (χ1) is 14.2. The molecule has 0 saturated heterocycles. The summed E-state index contributed by atoms with van der Waals surface area (Å²) >= 11 is 1.84. The van der Waals surface area contributed by atoms with Crippen molar-refractivity contribution in [3.8, 4) is 11.5 Å². The quantitative estimate of drug-likeness (QED) is 0.471. The highest BCUT2D eigenvalue weighted by molar-refractivity contribution is 7.98. The fraction of sp³-hybridized carbons (Fsp3) is 0.154. The number of hydrogen-bond acceptors (Lipinski definition) is 3. The molecule has 2 nitrogen and oxygen atoms in total. The van der Waals surface area contributed by atoms with E-state index >= 15 is 0 Å². The van der Waals surface area contributed by atoms with Gasteiger partial charge in [-0.25, -0.2) is 0 Å². The van der Waals surface area contributed by atoms with E-state index in [-0.39, 0.29) is 5.75 Å². The normalized spacial score (nSPS) is 15.6. The first kappa shape index (κ1) is 19.4. The molecule has 0 amide bonds. The number of phenolic OH excluding ortho intramolecular Hbond substituents is 1. The van der Waals surface area contributed by atoms with Crippen LogP contribution in [-0.2, 0) is 5.75 Å². The van der Waals surface area contributed by atoms with E-state index in [2.05, 4.69) is 49.9 Å². The second-order valence-electron chi connectivity index (χ2n) is 6.96. The Kier molecular flexibility index (Phi) is 5.77. The number of rotatable bonds is 5. The smallest absolute Gasteiger partial charge is 0.120 e. The van der Waals surface area contributed by atoms with Gasteiger partial charge in [0.15, 0.2) is 0 Å². The van der Waals surface area contributed by atoms with E-state index in [0.717, 1.165) is 23.5 Å². The molecule has 0 aromatic heterocycles. The minimum atomic E-state index is 0.279. The van der Waals surface area contributed by atoms with Crippen LogP contribution in [0.5, 0.6) is 11.5 Å². The highest BCUT2D eigenvalue weighted by Gasteiger charge is 2.21. The van der Waals surface area contributed by atoms with Gasteiger partial charge in [0.2, 0.25) is 0 Å². The van der Waals surface area contributed by atoms with E-state index in [1.54, 1.807) is 18.2 Å². The highest BCUT2D eigenvalue weighted by atomic mass is 32.2. The van der Waals surface area contributed by atoms with Crippen molar-refractivity contribution in [3.05, 3.63) is 102 Å². The second-order valence-corrected chi connectivity index (χ2v) is 7.97. The van der Waals surface area contributed by atoms with Crippen LogP contribution in [0.4, 0.5) is 0 Å². The first-order valence-electron chi connectivity index (χ1n) is 9.83. The number of phenols is 1. The Bertz CT molecular complexity index is 1060. The summed E-state index contributed by atoms with van der Waals surface area (Å²) in [5.74, 6) is 2.05. The molecule has 0 saturated carbocycles. The molecule has 0 unspecified atom stereocenters. The number of fused-ring (bicyclic) bond motifs is 2. The van der Waals surface area contributed by atoms with Gasteiger partial charge in [-0.3, -0.25) is 0 Å². The summed E-state index contributed by atoms with van der Waals surface area (Å²) in [6.07, 6.45) is 2.68.